The van der Waals surface area contributed by atoms with Crippen LogP contribution in [-0.2, 0) is 27.3 Å². The molecule has 0 fully saturated rings. The Balaban J connectivity index is 1.56. The second-order valence-electron chi connectivity index (χ2n) is 15.6. The Morgan fingerprint density at radius 2 is 1.55 bits per heavy atom. The molecule has 0 aliphatic rings. The van der Waals surface area contributed by atoms with Gasteiger partial charge in [-0.15, -0.1) is 0 Å². The fraction of sp³-hybridized carbons (Fsp3) is 0.463. The Kier molecular flexibility index (Phi) is 15.7. The highest BCUT2D eigenvalue weighted by Crippen LogP contribution is 2.25. The molecule has 0 unspecified atom stereocenters. The van der Waals surface area contributed by atoms with Crippen LogP contribution in [0.4, 0.5) is 5.69 Å². The van der Waals surface area contributed by atoms with Crippen LogP contribution in [0.3, 0.4) is 0 Å². The van der Waals surface area contributed by atoms with Crippen molar-refractivity contribution in [2.75, 3.05) is 58.8 Å². The summed E-state index contributed by atoms with van der Waals surface area (Å²) in [4.78, 5) is 72.6. The number of rotatable bonds is 19. The van der Waals surface area contributed by atoms with Crippen molar-refractivity contribution in [3.63, 3.8) is 0 Å². The molecule has 0 atom stereocenters. The number of amides is 4. The Morgan fingerprint density at radius 1 is 0.830 bits per heavy atom. The van der Waals surface area contributed by atoms with Crippen LogP contribution in [-0.4, -0.2) is 98.6 Å². The number of likely N-dealkylation sites (N-methyl/N-ethyl adjacent to an activating group) is 2. The van der Waals surface area contributed by atoms with Gasteiger partial charge in [-0.25, -0.2) is 4.98 Å². The lowest BCUT2D eigenvalue weighted by Gasteiger charge is -2.30. The van der Waals surface area contributed by atoms with Gasteiger partial charge in [-0.1, -0.05) is 58.9 Å². The number of pyridine rings is 1. The topological polar surface area (TPSA) is 141 Å². The summed E-state index contributed by atoms with van der Waals surface area (Å²) in [6.07, 6.45) is 3.64. The average Bonchev–Trinajstić information content (AvgIpc) is 3.10. The van der Waals surface area contributed by atoms with Crippen molar-refractivity contribution in [1.29, 1.82) is 0 Å². The molecule has 0 radical (unpaired) electrons. The predicted octanol–water partition coefficient (Wildman–Crippen LogP) is 4.77. The zero-order valence-corrected chi connectivity index (χ0v) is 32.5. The first-order valence-corrected chi connectivity index (χ1v) is 17.9. The van der Waals surface area contributed by atoms with E-state index in [-0.39, 0.29) is 47.3 Å². The lowest BCUT2D eigenvalue weighted by atomic mass is 9.86. The standard InChI is InChI=1S/C41H56N6O6/c1-40(2,3)29-47(33-14-12-30(13-15-33)18-20-46(8)36(49)25-41(4,5)19-22-48)37(50)28-44-38(51)32-11-9-10-31(24-32)26-43-39(52)35-17-16-34(27-42-35)53-23-21-45(6)7/h9-17,22,24,27H,18-21,23,25-26,28-29H2,1-8H3,(H,43,52)(H,44,51). The van der Waals surface area contributed by atoms with Crippen molar-refractivity contribution in [2.45, 2.75) is 60.4 Å². The monoisotopic (exact) mass is 728 g/mol. The van der Waals surface area contributed by atoms with E-state index < -0.39 is 5.91 Å². The van der Waals surface area contributed by atoms with Crippen LogP contribution in [0.2, 0.25) is 0 Å². The first-order valence-electron chi connectivity index (χ1n) is 17.9. The third-order valence-electron chi connectivity index (χ3n) is 8.43. The van der Waals surface area contributed by atoms with Gasteiger partial charge in [0.1, 0.15) is 24.3 Å². The summed E-state index contributed by atoms with van der Waals surface area (Å²) < 4.78 is 5.63. The Labute approximate surface area is 314 Å². The van der Waals surface area contributed by atoms with E-state index >= 15 is 0 Å². The third kappa shape index (κ3) is 14.8. The average molecular weight is 729 g/mol. The van der Waals surface area contributed by atoms with Gasteiger partial charge in [-0.2, -0.15) is 0 Å². The molecule has 1 aromatic heterocycles. The van der Waals surface area contributed by atoms with Crippen molar-refractivity contribution in [3.8, 4) is 5.75 Å². The first kappa shape index (κ1) is 42.3. The van der Waals surface area contributed by atoms with Crippen molar-refractivity contribution in [3.05, 3.63) is 89.2 Å². The predicted molar refractivity (Wildman–Crippen MR) is 207 cm³/mol. The number of anilines is 1. The number of ether oxygens (including phenoxy) is 1. The molecule has 0 aliphatic carbocycles. The molecular formula is C41H56N6O6. The SMILES string of the molecule is CN(C)CCOc1ccc(C(=O)NCc2cccc(C(=O)NCC(=O)N(CC(C)(C)C)c3ccc(CCN(C)C(=O)CC(C)(C)CC=O)cc3)c2)nc1. The van der Waals surface area contributed by atoms with Crippen LogP contribution in [0.15, 0.2) is 66.9 Å². The Hall–Kier alpha value is -5.10. The fourth-order valence-electron chi connectivity index (χ4n) is 5.30. The van der Waals surface area contributed by atoms with Gasteiger partial charge < -0.3 is 34.9 Å². The molecule has 4 amide bonds. The highest BCUT2D eigenvalue weighted by Gasteiger charge is 2.25. The van der Waals surface area contributed by atoms with Gasteiger partial charge >= 0.3 is 0 Å². The normalized spacial score (nSPS) is 11.5. The lowest BCUT2D eigenvalue weighted by Crippen LogP contribution is -2.44. The summed E-state index contributed by atoms with van der Waals surface area (Å²) in [5.74, 6) is -0.440. The lowest BCUT2D eigenvalue weighted by molar-refractivity contribution is -0.132. The first-order chi connectivity index (χ1) is 25.0. The second-order valence-corrected chi connectivity index (χ2v) is 15.6. The van der Waals surface area contributed by atoms with E-state index in [1.54, 1.807) is 53.2 Å². The zero-order chi connectivity index (χ0) is 39.2. The highest BCUT2D eigenvalue weighted by molar-refractivity contribution is 6.00. The van der Waals surface area contributed by atoms with Gasteiger partial charge in [-0.3, -0.25) is 19.2 Å². The minimum atomic E-state index is -0.405. The summed E-state index contributed by atoms with van der Waals surface area (Å²) in [5, 5.41) is 5.59. The number of hydrogen-bond donors (Lipinski definition) is 2. The Bertz CT molecular complexity index is 1680. The summed E-state index contributed by atoms with van der Waals surface area (Å²) in [5.41, 5.74) is 2.46. The summed E-state index contributed by atoms with van der Waals surface area (Å²) in [6.45, 7) is 12.2. The molecule has 2 N–H and O–H groups in total. The summed E-state index contributed by atoms with van der Waals surface area (Å²) in [6, 6.07) is 17.8. The number of carbonyl (C=O) groups is 5. The molecule has 286 valence electrons. The zero-order valence-electron chi connectivity index (χ0n) is 32.5. The van der Waals surface area contributed by atoms with Crippen LogP contribution in [0.5, 0.6) is 5.75 Å². The van der Waals surface area contributed by atoms with Crippen LogP contribution in [0, 0.1) is 10.8 Å². The van der Waals surface area contributed by atoms with E-state index in [1.807, 2.05) is 77.9 Å². The molecule has 3 rings (SSSR count). The van der Waals surface area contributed by atoms with Gasteiger partial charge in [0.25, 0.3) is 11.8 Å². The number of aromatic nitrogens is 1. The van der Waals surface area contributed by atoms with Gasteiger partial charge in [0.15, 0.2) is 0 Å². The number of hydrogen-bond acceptors (Lipinski definition) is 8. The summed E-state index contributed by atoms with van der Waals surface area (Å²) >= 11 is 0. The van der Waals surface area contributed by atoms with Crippen LogP contribution < -0.4 is 20.3 Å². The Morgan fingerprint density at radius 3 is 2.17 bits per heavy atom. The minimum Gasteiger partial charge on any atom is -0.491 e. The van der Waals surface area contributed by atoms with Crippen LogP contribution in [0.25, 0.3) is 0 Å². The van der Waals surface area contributed by atoms with Gasteiger partial charge in [0.2, 0.25) is 11.8 Å². The molecule has 12 nitrogen and oxygen atoms in total. The maximum atomic E-state index is 13.6. The number of benzene rings is 2. The molecule has 0 saturated heterocycles. The number of aldehydes is 1. The maximum absolute atomic E-state index is 13.6. The van der Waals surface area contributed by atoms with Crippen molar-refractivity contribution >= 4 is 35.6 Å². The molecule has 12 heteroatoms. The number of carbonyl (C=O) groups excluding carboxylic acids is 5. The smallest absolute Gasteiger partial charge is 0.270 e. The molecule has 0 aliphatic heterocycles. The van der Waals surface area contributed by atoms with Gasteiger partial charge in [0, 0.05) is 57.3 Å². The fourth-order valence-corrected chi connectivity index (χ4v) is 5.30. The summed E-state index contributed by atoms with van der Waals surface area (Å²) in [7, 11) is 5.68. The van der Waals surface area contributed by atoms with Gasteiger partial charge in [-0.05, 0) is 78.9 Å². The maximum Gasteiger partial charge on any atom is 0.270 e. The van der Waals surface area contributed by atoms with E-state index in [0.29, 0.717) is 61.5 Å². The van der Waals surface area contributed by atoms with Crippen molar-refractivity contribution in [1.82, 2.24) is 25.4 Å². The highest BCUT2D eigenvalue weighted by atomic mass is 16.5. The molecule has 2 aromatic carbocycles. The number of nitrogens with zero attached hydrogens (tertiary/aromatic N) is 4. The molecule has 53 heavy (non-hydrogen) atoms. The van der Waals surface area contributed by atoms with Crippen LogP contribution in [0.1, 0.15) is 79.4 Å². The molecular weight excluding hydrogens is 672 g/mol. The third-order valence-corrected chi connectivity index (χ3v) is 8.43. The minimum absolute atomic E-state index is 0.00652. The van der Waals surface area contributed by atoms with E-state index in [4.69, 9.17) is 4.74 Å². The molecule has 0 saturated carbocycles. The van der Waals surface area contributed by atoms with E-state index in [0.717, 1.165) is 18.4 Å². The van der Waals surface area contributed by atoms with E-state index in [9.17, 15) is 24.0 Å². The second kappa shape index (κ2) is 19.7. The van der Waals surface area contributed by atoms with Gasteiger partial charge in [0.05, 0.1) is 12.7 Å². The van der Waals surface area contributed by atoms with E-state index in [2.05, 4.69) is 15.6 Å². The largest absolute Gasteiger partial charge is 0.491 e. The molecule has 0 bridgehead atoms. The molecule has 1 heterocycles. The van der Waals surface area contributed by atoms with Crippen molar-refractivity contribution in [2.24, 2.45) is 10.8 Å². The van der Waals surface area contributed by atoms with Crippen molar-refractivity contribution < 1.29 is 28.7 Å². The quantitative estimate of drug-likeness (QED) is 0.168. The van der Waals surface area contributed by atoms with E-state index in [1.165, 1.54) is 6.20 Å². The molecule has 0 spiro atoms. The van der Waals surface area contributed by atoms with Crippen LogP contribution >= 0.6 is 0 Å². The molecule has 3 aromatic rings. The number of nitrogens with one attached hydrogen (secondary N) is 2.